The zero-order chi connectivity index (χ0) is 17.0. The molecule has 1 N–H and O–H groups in total. The van der Waals surface area contributed by atoms with E-state index in [0.29, 0.717) is 34.6 Å². The number of para-hydroxylation sites is 1. The van der Waals surface area contributed by atoms with E-state index in [2.05, 4.69) is 10.4 Å². The predicted molar refractivity (Wildman–Crippen MR) is 89.5 cm³/mol. The minimum Gasteiger partial charge on any atom is -0.492 e. The number of nitrogens with zero attached hydrogens (tertiary/aromatic N) is 2. The number of amides is 1. The van der Waals surface area contributed by atoms with Crippen LogP contribution in [-0.2, 0) is 18.3 Å². The fourth-order valence-electron chi connectivity index (χ4n) is 2.37. The van der Waals surface area contributed by atoms with E-state index < -0.39 is 0 Å². The number of anilines is 1. The van der Waals surface area contributed by atoms with Gasteiger partial charge in [-0.25, -0.2) is 4.68 Å². The summed E-state index contributed by atoms with van der Waals surface area (Å²) in [5.41, 5.74) is 1.99. The zero-order valence-electron chi connectivity index (χ0n) is 13.6. The Balaban J connectivity index is 2.19. The van der Waals surface area contributed by atoms with Crippen LogP contribution in [0.2, 0.25) is 5.02 Å². The van der Waals surface area contributed by atoms with Gasteiger partial charge in [-0.3, -0.25) is 4.79 Å². The molecule has 1 aromatic carbocycles. The van der Waals surface area contributed by atoms with E-state index in [-0.39, 0.29) is 12.3 Å². The second kappa shape index (κ2) is 7.37. The number of methoxy groups -OCH3 is 1. The maximum absolute atomic E-state index is 12.4. The Morgan fingerprint density at radius 1 is 1.43 bits per heavy atom. The van der Waals surface area contributed by atoms with Gasteiger partial charge >= 0.3 is 0 Å². The molecular formula is C16H20ClN3O3. The van der Waals surface area contributed by atoms with E-state index in [1.807, 2.05) is 19.9 Å². The highest BCUT2D eigenvalue weighted by molar-refractivity contribution is 6.32. The number of hydrogen-bond donors (Lipinski definition) is 1. The average molecular weight is 338 g/mol. The Bertz CT molecular complexity index is 713. The summed E-state index contributed by atoms with van der Waals surface area (Å²) < 4.78 is 12.4. The molecule has 0 saturated heterocycles. The number of carbonyl (C=O) groups is 1. The van der Waals surface area contributed by atoms with E-state index in [1.54, 1.807) is 23.9 Å². The molecule has 23 heavy (non-hydrogen) atoms. The fourth-order valence-corrected chi connectivity index (χ4v) is 2.62. The number of aromatic nitrogens is 2. The Labute approximate surface area is 140 Å². The highest BCUT2D eigenvalue weighted by Gasteiger charge is 2.18. The fraction of sp³-hybridized carbons (Fsp3) is 0.375. The van der Waals surface area contributed by atoms with Gasteiger partial charge in [0.1, 0.15) is 11.4 Å². The van der Waals surface area contributed by atoms with E-state index in [1.165, 1.54) is 7.11 Å². The second-order valence-electron chi connectivity index (χ2n) is 4.98. The zero-order valence-corrected chi connectivity index (χ0v) is 14.4. The summed E-state index contributed by atoms with van der Waals surface area (Å²) in [5.74, 6) is 0.858. The first kappa shape index (κ1) is 17.1. The normalized spacial score (nSPS) is 10.5. The third-order valence-corrected chi connectivity index (χ3v) is 3.61. The summed E-state index contributed by atoms with van der Waals surface area (Å²) in [6, 6.07) is 5.36. The summed E-state index contributed by atoms with van der Waals surface area (Å²) >= 11 is 6.14. The number of halogens is 1. The standard InChI is InChI=1S/C16H20ClN3O3/c1-5-23-15-11(7-6-8-12(15)17)9-13(21)18-14-10(2)19-20(3)16(14)22-4/h6-8H,5,9H2,1-4H3,(H,18,21). The van der Waals surface area contributed by atoms with Crippen LogP contribution in [0.1, 0.15) is 18.2 Å². The van der Waals surface area contributed by atoms with Crippen molar-refractivity contribution < 1.29 is 14.3 Å². The smallest absolute Gasteiger partial charge is 0.236 e. The molecule has 0 aliphatic carbocycles. The molecule has 7 heteroatoms. The third-order valence-electron chi connectivity index (χ3n) is 3.32. The molecule has 6 nitrogen and oxygen atoms in total. The van der Waals surface area contributed by atoms with Crippen LogP contribution in [0.25, 0.3) is 0 Å². The number of hydrogen-bond acceptors (Lipinski definition) is 4. The second-order valence-corrected chi connectivity index (χ2v) is 5.39. The summed E-state index contributed by atoms with van der Waals surface area (Å²) in [6.07, 6.45) is 0.146. The van der Waals surface area contributed by atoms with E-state index >= 15 is 0 Å². The van der Waals surface area contributed by atoms with Gasteiger partial charge in [0.15, 0.2) is 0 Å². The lowest BCUT2D eigenvalue weighted by Crippen LogP contribution is -2.16. The third kappa shape index (κ3) is 3.76. The van der Waals surface area contributed by atoms with Crippen molar-refractivity contribution in [3.63, 3.8) is 0 Å². The van der Waals surface area contributed by atoms with E-state index in [4.69, 9.17) is 21.1 Å². The van der Waals surface area contributed by atoms with Crippen LogP contribution in [0.15, 0.2) is 18.2 Å². The van der Waals surface area contributed by atoms with Crippen LogP contribution in [0.5, 0.6) is 11.6 Å². The number of aryl methyl sites for hydroxylation is 2. The van der Waals surface area contributed by atoms with Crippen molar-refractivity contribution in [2.75, 3.05) is 19.0 Å². The summed E-state index contributed by atoms with van der Waals surface area (Å²) in [6.45, 7) is 4.16. The Morgan fingerprint density at radius 3 is 2.83 bits per heavy atom. The van der Waals surface area contributed by atoms with Crippen LogP contribution in [0, 0.1) is 6.92 Å². The van der Waals surface area contributed by atoms with Gasteiger partial charge < -0.3 is 14.8 Å². The van der Waals surface area contributed by atoms with Crippen molar-refractivity contribution in [3.8, 4) is 11.6 Å². The monoisotopic (exact) mass is 337 g/mol. The lowest BCUT2D eigenvalue weighted by molar-refractivity contribution is -0.115. The molecule has 2 rings (SSSR count). The lowest BCUT2D eigenvalue weighted by atomic mass is 10.1. The van der Waals surface area contributed by atoms with Gasteiger partial charge in [-0.1, -0.05) is 23.7 Å². The van der Waals surface area contributed by atoms with Crippen molar-refractivity contribution in [2.45, 2.75) is 20.3 Å². The first-order valence-corrected chi connectivity index (χ1v) is 7.63. The summed E-state index contributed by atoms with van der Waals surface area (Å²) in [4.78, 5) is 12.4. The summed E-state index contributed by atoms with van der Waals surface area (Å²) in [5, 5.41) is 7.57. The molecule has 0 fully saturated rings. The average Bonchev–Trinajstić information content (AvgIpc) is 2.76. The van der Waals surface area contributed by atoms with E-state index in [9.17, 15) is 4.79 Å². The minimum absolute atomic E-state index is 0.146. The topological polar surface area (TPSA) is 65.4 Å². The highest BCUT2D eigenvalue weighted by atomic mass is 35.5. The van der Waals surface area contributed by atoms with Crippen LogP contribution < -0.4 is 14.8 Å². The summed E-state index contributed by atoms with van der Waals surface area (Å²) in [7, 11) is 3.29. The molecule has 2 aromatic rings. The van der Waals surface area contributed by atoms with Crippen molar-refractivity contribution in [1.82, 2.24) is 9.78 Å². The first-order chi connectivity index (χ1) is 11.0. The van der Waals surface area contributed by atoms with Crippen LogP contribution in [0.3, 0.4) is 0 Å². The van der Waals surface area contributed by atoms with Gasteiger partial charge in [-0.15, -0.1) is 0 Å². The first-order valence-electron chi connectivity index (χ1n) is 7.25. The molecule has 1 heterocycles. The predicted octanol–water partition coefficient (Wildman–Crippen LogP) is 2.97. The van der Waals surface area contributed by atoms with Crippen molar-refractivity contribution >= 4 is 23.2 Å². The molecule has 0 aliphatic heterocycles. The maximum Gasteiger partial charge on any atom is 0.236 e. The number of benzene rings is 1. The number of nitrogens with one attached hydrogen (secondary N) is 1. The molecule has 0 radical (unpaired) electrons. The van der Waals surface area contributed by atoms with Crippen molar-refractivity contribution in [3.05, 3.63) is 34.5 Å². The van der Waals surface area contributed by atoms with Gasteiger partial charge in [0, 0.05) is 12.6 Å². The molecule has 0 bridgehead atoms. The van der Waals surface area contributed by atoms with Crippen molar-refractivity contribution in [2.24, 2.45) is 7.05 Å². The molecule has 0 spiro atoms. The van der Waals surface area contributed by atoms with Crippen LogP contribution in [0.4, 0.5) is 5.69 Å². The lowest BCUT2D eigenvalue weighted by Gasteiger charge is -2.12. The molecule has 0 aliphatic rings. The molecule has 0 unspecified atom stereocenters. The number of ether oxygens (including phenoxy) is 2. The molecule has 0 saturated carbocycles. The highest BCUT2D eigenvalue weighted by Crippen LogP contribution is 2.30. The van der Waals surface area contributed by atoms with Gasteiger partial charge in [0.25, 0.3) is 0 Å². The van der Waals surface area contributed by atoms with Gasteiger partial charge in [0.05, 0.1) is 30.9 Å². The van der Waals surface area contributed by atoms with Gasteiger partial charge in [-0.2, -0.15) is 5.10 Å². The molecule has 0 atom stereocenters. The number of carbonyl (C=O) groups excluding carboxylic acids is 1. The SMILES string of the molecule is CCOc1c(Cl)cccc1CC(=O)Nc1c(C)nn(C)c1OC. The molecule has 1 aromatic heterocycles. The minimum atomic E-state index is -0.192. The quantitative estimate of drug-likeness (QED) is 0.880. The van der Waals surface area contributed by atoms with E-state index in [0.717, 1.165) is 5.56 Å². The number of rotatable bonds is 6. The van der Waals surface area contributed by atoms with Crippen LogP contribution >= 0.6 is 11.6 Å². The van der Waals surface area contributed by atoms with Gasteiger partial charge in [0.2, 0.25) is 11.8 Å². The maximum atomic E-state index is 12.4. The van der Waals surface area contributed by atoms with Crippen molar-refractivity contribution in [1.29, 1.82) is 0 Å². The Morgan fingerprint density at radius 2 is 2.17 bits per heavy atom. The Kier molecular flexibility index (Phi) is 5.50. The molecule has 1 amide bonds. The Hall–Kier alpha value is -2.21. The molecular weight excluding hydrogens is 318 g/mol. The van der Waals surface area contributed by atoms with Gasteiger partial charge in [-0.05, 0) is 19.9 Å². The largest absolute Gasteiger partial charge is 0.492 e. The van der Waals surface area contributed by atoms with Crippen LogP contribution in [-0.4, -0.2) is 29.4 Å². The molecule has 124 valence electrons.